The summed E-state index contributed by atoms with van der Waals surface area (Å²) in [4.78, 5) is 21.1. The quantitative estimate of drug-likeness (QED) is 0.307. The van der Waals surface area contributed by atoms with Crippen molar-refractivity contribution in [3.63, 3.8) is 0 Å². The zero-order valence-electron chi connectivity index (χ0n) is 16.9. The standard InChI is InChI=1S/C20H39N3O2/c1-5-25-20(24)9-7-6-8-11-22-13-15-23(16-14-22)12-10-21-19(4)17-18(2)3/h18H,5-17H2,1-4H3. The van der Waals surface area contributed by atoms with Crippen molar-refractivity contribution in [3.8, 4) is 0 Å². The van der Waals surface area contributed by atoms with E-state index in [-0.39, 0.29) is 5.97 Å². The lowest BCUT2D eigenvalue weighted by molar-refractivity contribution is -0.143. The number of nitrogens with zero attached hydrogens (tertiary/aromatic N) is 3. The number of carbonyl (C=O) groups is 1. The van der Waals surface area contributed by atoms with Crippen LogP contribution < -0.4 is 0 Å². The molecule has 0 unspecified atom stereocenters. The number of piperazine rings is 1. The molecule has 1 aliphatic rings. The monoisotopic (exact) mass is 353 g/mol. The SMILES string of the molecule is CCOC(=O)CCCCCN1CCN(CCN=C(C)CC(C)C)CC1. The van der Waals surface area contributed by atoms with Crippen LogP contribution in [0.1, 0.15) is 59.8 Å². The number of aliphatic imine (C=N–C) groups is 1. The highest BCUT2D eigenvalue weighted by molar-refractivity contribution is 5.82. The Kier molecular flexibility index (Phi) is 11.7. The van der Waals surface area contributed by atoms with Gasteiger partial charge in [0.1, 0.15) is 0 Å². The van der Waals surface area contributed by atoms with E-state index in [1.165, 1.54) is 12.1 Å². The molecule has 1 heterocycles. The van der Waals surface area contributed by atoms with Gasteiger partial charge in [0.2, 0.25) is 0 Å². The van der Waals surface area contributed by atoms with Crippen molar-refractivity contribution in [3.05, 3.63) is 0 Å². The maximum Gasteiger partial charge on any atom is 0.305 e. The average Bonchev–Trinajstić information content (AvgIpc) is 2.55. The number of ether oxygens (including phenoxy) is 1. The van der Waals surface area contributed by atoms with E-state index in [2.05, 4.69) is 30.6 Å². The van der Waals surface area contributed by atoms with Gasteiger partial charge in [-0.05, 0) is 45.6 Å². The van der Waals surface area contributed by atoms with Crippen molar-refractivity contribution < 1.29 is 9.53 Å². The number of hydrogen-bond donors (Lipinski definition) is 0. The Labute approximate surface area is 154 Å². The molecule has 0 aromatic heterocycles. The van der Waals surface area contributed by atoms with Crippen molar-refractivity contribution in [1.29, 1.82) is 0 Å². The number of carbonyl (C=O) groups excluding carboxylic acids is 1. The molecule has 0 aromatic rings. The second-order valence-electron chi connectivity index (χ2n) is 7.51. The molecule has 0 aliphatic carbocycles. The van der Waals surface area contributed by atoms with Crippen molar-refractivity contribution >= 4 is 11.7 Å². The summed E-state index contributed by atoms with van der Waals surface area (Å²) < 4.78 is 4.95. The predicted molar refractivity (Wildman–Crippen MR) is 105 cm³/mol. The zero-order chi connectivity index (χ0) is 18.5. The molecule has 0 spiro atoms. The van der Waals surface area contributed by atoms with Crippen LogP contribution in [-0.4, -0.2) is 73.9 Å². The van der Waals surface area contributed by atoms with Gasteiger partial charge < -0.3 is 9.64 Å². The molecule has 1 aliphatic heterocycles. The van der Waals surface area contributed by atoms with Crippen LogP contribution in [0.25, 0.3) is 0 Å². The van der Waals surface area contributed by atoms with Crippen LogP contribution in [0.15, 0.2) is 4.99 Å². The summed E-state index contributed by atoms with van der Waals surface area (Å²) in [5.74, 6) is 0.645. The molecule has 0 radical (unpaired) electrons. The van der Waals surface area contributed by atoms with Crippen LogP contribution >= 0.6 is 0 Å². The van der Waals surface area contributed by atoms with E-state index in [1.54, 1.807) is 0 Å². The Morgan fingerprint density at radius 3 is 2.28 bits per heavy atom. The third-order valence-corrected chi connectivity index (χ3v) is 4.63. The first-order valence-corrected chi connectivity index (χ1v) is 10.1. The smallest absolute Gasteiger partial charge is 0.305 e. The molecule has 1 fully saturated rings. The van der Waals surface area contributed by atoms with E-state index in [0.717, 1.165) is 65.1 Å². The number of unbranched alkanes of at least 4 members (excludes halogenated alkanes) is 2. The summed E-state index contributed by atoms with van der Waals surface area (Å²) in [6, 6.07) is 0. The molecule has 25 heavy (non-hydrogen) atoms. The first-order valence-electron chi connectivity index (χ1n) is 10.1. The Morgan fingerprint density at radius 1 is 1.04 bits per heavy atom. The minimum Gasteiger partial charge on any atom is -0.466 e. The van der Waals surface area contributed by atoms with Crippen molar-refractivity contribution in [1.82, 2.24) is 9.80 Å². The third kappa shape index (κ3) is 11.3. The Morgan fingerprint density at radius 2 is 1.68 bits per heavy atom. The average molecular weight is 354 g/mol. The van der Waals surface area contributed by atoms with Gasteiger partial charge in [0.15, 0.2) is 0 Å². The number of hydrogen-bond acceptors (Lipinski definition) is 5. The van der Waals surface area contributed by atoms with Crippen molar-refractivity contribution in [2.24, 2.45) is 10.9 Å². The van der Waals surface area contributed by atoms with E-state index >= 15 is 0 Å². The second kappa shape index (κ2) is 13.3. The van der Waals surface area contributed by atoms with E-state index in [9.17, 15) is 4.79 Å². The lowest BCUT2D eigenvalue weighted by Gasteiger charge is -2.34. The van der Waals surface area contributed by atoms with Gasteiger partial charge in [-0.1, -0.05) is 20.3 Å². The second-order valence-corrected chi connectivity index (χ2v) is 7.51. The largest absolute Gasteiger partial charge is 0.466 e. The van der Waals surface area contributed by atoms with Gasteiger partial charge in [0.05, 0.1) is 13.2 Å². The van der Waals surface area contributed by atoms with Crippen LogP contribution in [0.4, 0.5) is 0 Å². The third-order valence-electron chi connectivity index (χ3n) is 4.63. The molecule has 0 bridgehead atoms. The van der Waals surface area contributed by atoms with Crippen LogP contribution in [0.3, 0.4) is 0 Å². The zero-order valence-corrected chi connectivity index (χ0v) is 16.9. The normalized spacial score (nSPS) is 17.2. The molecule has 5 nitrogen and oxygen atoms in total. The van der Waals surface area contributed by atoms with Crippen molar-refractivity contribution in [2.75, 3.05) is 52.4 Å². The minimum absolute atomic E-state index is 0.0533. The highest BCUT2D eigenvalue weighted by Crippen LogP contribution is 2.07. The minimum atomic E-state index is -0.0533. The van der Waals surface area contributed by atoms with Gasteiger partial charge in [-0.25, -0.2) is 0 Å². The maximum absolute atomic E-state index is 11.3. The molecule has 5 heteroatoms. The molecular weight excluding hydrogens is 314 g/mol. The molecule has 0 aromatic carbocycles. The topological polar surface area (TPSA) is 45.1 Å². The summed E-state index contributed by atoms with van der Waals surface area (Å²) in [7, 11) is 0. The van der Waals surface area contributed by atoms with E-state index in [1.807, 2.05) is 6.92 Å². The van der Waals surface area contributed by atoms with Gasteiger partial charge in [-0.3, -0.25) is 14.7 Å². The van der Waals surface area contributed by atoms with Crippen LogP contribution in [0, 0.1) is 5.92 Å². The maximum atomic E-state index is 11.3. The van der Waals surface area contributed by atoms with Gasteiger partial charge in [-0.15, -0.1) is 0 Å². The first-order chi connectivity index (χ1) is 12.0. The fourth-order valence-electron chi connectivity index (χ4n) is 3.29. The van der Waals surface area contributed by atoms with Gasteiger partial charge in [-0.2, -0.15) is 0 Å². The van der Waals surface area contributed by atoms with Gasteiger partial charge in [0.25, 0.3) is 0 Å². The summed E-state index contributed by atoms with van der Waals surface area (Å²) in [6.45, 7) is 16.8. The van der Waals surface area contributed by atoms with Crippen LogP contribution in [-0.2, 0) is 9.53 Å². The summed E-state index contributed by atoms with van der Waals surface area (Å²) in [6.07, 6.45) is 4.93. The van der Waals surface area contributed by atoms with Crippen LogP contribution in [0.5, 0.6) is 0 Å². The van der Waals surface area contributed by atoms with Gasteiger partial charge in [0, 0.05) is 44.9 Å². The Hall–Kier alpha value is -0.940. The molecule has 0 saturated carbocycles. The summed E-state index contributed by atoms with van der Waals surface area (Å²) in [5, 5.41) is 0. The molecule has 0 N–H and O–H groups in total. The van der Waals surface area contributed by atoms with E-state index in [4.69, 9.17) is 9.73 Å². The highest BCUT2D eigenvalue weighted by Gasteiger charge is 2.15. The predicted octanol–water partition coefficient (Wildman–Crippen LogP) is 3.23. The van der Waals surface area contributed by atoms with Crippen molar-refractivity contribution in [2.45, 2.75) is 59.8 Å². The first kappa shape index (κ1) is 22.1. The van der Waals surface area contributed by atoms with Gasteiger partial charge >= 0.3 is 5.97 Å². The fourth-order valence-corrected chi connectivity index (χ4v) is 3.29. The van der Waals surface area contributed by atoms with Crippen LogP contribution in [0.2, 0.25) is 0 Å². The number of rotatable bonds is 12. The summed E-state index contributed by atoms with van der Waals surface area (Å²) in [5.41, 5.74) is 1.29. The molecule has 0 atom stereocenters. The Bertz CT molecular complexity index is 388. The number of esters is 1. The molecule has 0 amide bonds. The lowest BCUT2D eigenvalue weighted by atomic mass is 10.1. The summed E-state index contributed by atoms with van der Waals surface area (Å²) >= 11 is 0. The molecule has 1 saturated heterocycles. The lowest BCUT2D eigenvalue weighted by Crippen LogP contribution is -2.47. The molecule has 1 rings (SSSR count). The van der Waals surface area contributed by atoms with E-state index < -0.39 is 0 Å². The fraction of sp³-hybridized carbons (Fsp3) is 0.900. The van der Waals surface area contributed by atoms with E-state index in [0.29, 0.717) is 18.9 Å². The molecule has 146 valence electrons. The highest BCUT2D eigenvalue weighted by atomic mass is 16.5. The Balaban J connectivity index is 2.03. The molecular formula is C20H39N3O2.